The first-order valence-corrected chi connectivity index (χ1v) is 4.77. The Balaban J connectivity index is 2.12. The molecule has 0 bridgehead atoms. The smallest absolute Gasteiger partial charge is 0.139 e. The van der Waals surface area contributed by atoms with Crippen LogP contribution in [0.15, 0.2) is 12.1 Å². The van der Waals surface area contributed by atoms with Crippen LogP contribution < -0.4 is 20.1 Å². The van der Waals surface area contributed by atoms with Crippen LogP contribution in [-0.2, 0) is 13.1 Å². The number of fused-ring (bicyclic) bond motifs is 3. The van der Waals surface area contributed by atoms with E-state index in [1.165, 1.54) is 5.56 Å². The monoisotopic (exact) mass is 192 g/mol. The van der Waals surface area contributed by atoms with Gasteiger partial charge < -0.3 is 9.47 Å². The lowest BCUT2D eigenvalue weighted by molar-refractivity contribution is 0.228. The first-order valence-electron chi connectivity index (χ1n) is 4.77. The summed E-state index contributed by atoms with van der Waals surface area (Å²) >= 11 is 0. The molecule has 4 heteroatoms. The maximum atomic E-state index is 5.59. The zero-order chi connectivity index (χ0) is 9.38. The predicted octanol–water partition coefficient (Wildman–Crippen LogP) is 0.566. The number of ether oxygens (including phenoxy) is 2. The highest BCUT2D eigenvalue weighted by Crippen LogP contribution is 2.34. The Bertz CT molecular complexity index is 330. The molecule has 0 unspecified atom stereocenters. The Labute approximate surface area is 82.2 Å². The molecule has 1 aromatic carbocycles. The molecule has 2 heterocycles. The van der Waals surface area contributed by atoms with Gasteiger partial charge in [-0.2, -0.15) is 0 Å². The fourth-order valence-electron chi connectivity index (χ4n) is 1.89. The van der Waals surface area contributed by atoms with Crippen molar-refractivity contribution in [2.45, 2.75) is 13.1 Å². The van der Waals surface area contributed by atoms with Gasteiger partial charge in [0.2, 0.25) is 0 Å². The van der Waals surface area contributed by atoms with E-state index in [0.29, 0.717) is 13.5 Å². The van der Waals surface area contributed by atoms with E-state index in [2.05, 4.69) is 16.7 Å². The van der Waals surface area contributed by atoms with E-state index in [1.807, 2.05) is 6.07 Å². The highest BCUT2D eigenvalue weighted by Gasteiger charge is 2.20. The average molecular weight is 192 g/mol. The molecule has 0 spiro atoms. The predicted molar refractivity (Wildman–Crippen MR) is 51.1 cm³/mol. The van der Waals surface area contributed by atoms with Gasteiger partial charge in [0.05, 0.1) is 5.56 Å². The standard InChI is InChI=1S/C10H12N2O2/c1-2-9-8(4-12-5-13-9)10-7(1)3-11-6-14-10/h1-2,11-12H,3-6H2. The van der Waals surface area contributed by atoms with Crippen LogP contribution in [0.4, 0.5) is 0 Å². The molecule has 0 aliphatic carbocycles. The van der Waals surface area contributed by atoms with Crippen LogP contribution in [0.1, 0.15) is 11.1 Å². The molecule has 4 nitrogen and oxygen atoms in total. The summed E-state index contributed by atoms with van der Waals surface area (Å²) in [4.78, 5) is 0. The Hall–Kier alpha value is -1.26. The van der Waals surface area contributed by atoms with Crippen LogP contribution in [0.2, 0.25) is 0 Å². The number of hydrogen-bond acceptors (Lipinski definition) is 4. The van der Waals surface area contributed by atoms with Crippen molar-refractivity contribution in [3.8, 4) is 11.5 Å². The summed E-state index contributed by atoms with van der Waals surface area (Å²) in [5.74, 6) is 1.94. The third-order valence-corrected chi connectivity index (χ3v) is 2.56. The number of benzene rings is 1. The Morgan fingerprint density at radius 1 is 1.00 bits per heavy atom. The zero-order valence-corrected chi connectivity index (χ0v) is 7.80. The molecule has 0 amide bonds. The summed E-state index contributed by atoms with van der Waals surface area (Å²) in [6, 6.07) is 4.08. The van der Waals surface area contributed by atoms with Gasteiger partial charge in [-0.1, -0.05) is 6.07 Å². The van der Waals surface area contributed by atoms with Crippen molar-refractivity contribution < 1.29 is 9.47 Å². The van der Waals surface area contributed by atoms with Gasteiger partial charge in [0, 0.05) is 18.7 Å². The van der Waals surface area contributed by atoms with E-state index >= 15 is 0 Å². The molecule has 1 aromatic rings. The average Bonchev–Trinajstić information content (AvgIpc) is 2.29. The lowest BCUT2D eigenvalue weighted by Gasteiger charge is -2.26. The summed E-state index contributed by atoms with van der Waals surface area (Å²) in [6.07, 6.45) is 0. The second-order valence-electron chi connectivity index (χ2n) is 3.46. The first kappa shape index (κ1) is 8.08. The molecule has 14 heavy (non-hydrogen) atoms. The largest absolute Gasteiger partial charge is 0.478 e. The fraction of sp³-hybridized carbons (Fsp3) is 0.400. The van der Waals surface area contributed by atoms with Crippen molar-refractivity contribution in [1.29, 1.82) is 0 Å². The summed E-state index contributed by atoms with van der Waals surface area (Å²) in [6.45, 7) is 2.88. The molecule has 2 aliphatic heterocycles. The van der Waals surface area contributed by atoms with Crippen LogP contribution in [-0.4, -0.2) is 13.5 Å². The molecule has 0 fully saturated rings. The summed E-state index contributed by atoms with van der Waals surface area (Å²) in [5, 5.41) is 6.33. The third kappa shape index (κ3) is 1.15. The van der Waals surface area contributed by atoms with Crippen molar-refractivity contribution in [2.75, 3.05) is 13.5 Å². The molecular formula is C10H12N2O2. The Morgan fingerprint density at radius 2 is 1.86 bits per heavy atom. The highest BCUT2D eigenvalue weighted by atomic mass is 16.5. The van der Waals surface area contributed by atoms with Crippen molar-refractivity contribution in [2.24, 2.45) is 0 Å². The summed E-state index contributed by atoms with van der Waals surface area (Å²) in [5.41, 5.74) is 2.36. The van der Waals surface area contributed by atoms with Crippen molar-refractivity contribution >= 4 is 0 Å². The first-order chi connectivity index (χ1) is 6.95. The maximum absolute atomic E-state index is 5.59. The second kappa shape index (κ2) is 3.15. The normalized spacial score (nSPS) is 18.9. The van der Waals surface area contributed by atoms with Crippen LogP contribution in [0.5, 0.6) is 11.5 Å². The number of hydrogen-bond donors (Lipinski definition) is 2. The van der Waals surface area contributed by atoms with Gasteiger partial charge in [-0.15, -0.1) is 0 Å². The van der Waals surface area contributed by atoms with Crippen LogP contribution in [0.3, 0.4) is 0 Å². The van der Waals surface area contributed by atoms with Gasteiger partial charge in [-0.3, -0.25) is 10.6 Å². The van der Waals surface area contributed by atoms with Gasteiger partial charge in [-0.05, 0) is 6.07 Å². The van der Waals surface area contributed by atoms with E-state index in [0.717, 1.165) is 30.2 Å². The quantitative estimate of drug-likeness (QED) is 0.630. The van der Waals surface area contributed by atoms with E-state index in [9.17, 15) is 0 Å². The molecule has 3 rings (SSSR count). The molecule has 2 aliphatic rings. The molecule has 0 saturated heterocycles. The van der Waals surface area contributed by atoms with Crippen molar-refractivity contribution in [3.05, 3.63) is 23.3 Å². The van der Waals surface area contributed by atoms with E-state index in [1.54, 1.807) is 0 Å². The highest BCUT2D eigenvalue weighted by molar-refractivity contribution is 5.51. The Kier molecular flexibility index (Phi) is 1.82. The summed E-state index contributed by atoms with van der Waals surface area (Å²) < 4.78 is 11.1. The molecule has 74 valence electrons. The SMILES string of the molecule is c1cc2c(c3c1CNCO3)CNCO2. The minimum atomic E-state index is 0.587. The zero-order valence-electron chi connectivity index (χ0n) is 7.80. The van der Waals surface area contributed by atoms with Crippen molar-refractivity contribution in [3.63, 3.8) is 0 Å². The van der Waals surface area contributed by atoms with Gasteiger partial charge in [-0.25, -0.2) is 0 Å². The maximum Gasteiger partial charge on any atom is 0.139 e. The van der Waals surface area contributed by atoms with E-state index in [-0.39, 0.29) is 0 Å². The molecule has 0 saturated carbocycles. The van der Waals surface area contributed by atoms with E-state index in [4.69, 9.17) is 9.47 Å². The van der Waals surface area contributed by atoms with Gasteiger partial charge in [0.1, 0.15) is 25.0 Å². The minimum Gasteiger partial charge on any atom is -0.478 e. The van der Waals surface area contributed by atoms with Crippen LogP contribution in [0.25, 0.3) is 0 Å². The molecule has 0 aromatic heterocycles. The van der Waals surface area contributed by atoms with Crippen LogP contribution >= 0.6 is 0 Å². The third-order valence-electron chi connectivity index (χ3n) is 2.56. The lowest BCUT2D eigenvalue weighted by atomic mass is 10.1. The molecule has 0 radical (unpaired) electrons. The van der Waals surface area contributed by atoms with E-state index < -0.39 is 0 Å². The second-order valence-corrected chi connectivity index (χ2v) is 3.46. The molecular weight excluding hydrogens is 180 g/mol. The van der Waals surface area contributed by atoms with Gasteiger partial charge in [0.15, 0.2) is 0 Å². The molecule has 0 atom stereocenters. The minimum absolute atomic E-state index is 0.587. The fourth-order valence-corrected chi connectivity index (χ4v) is 1.89. The number of rotatable bonds is 0. The Morgan fingerprint density at radius 3 is 2.86 bits per heavy atom. The lowest BCUT2D eigenvalue weighted by Crippen LogP contribution is -2.30. The van der Waals surface area contributed by atoms with Crippen molar-refractivity contribution in [1.82, 2.24) is 10.6 Å². The van der Waals surface area contributed by atoms with Crippen LogP contribution in [0, 0.1) is 0 Å². The number of nitrogens with one attached hydrogen (secondary N) is 2. The topological polar surface area (TPSA) is 42.5 Å². The summed E-state index contributed by atoms with van der Waals surface area (Å²) in [7, 11) is 0. The van der Waals surface area contributed by atoms with Gasteiger partial charge >= 0.3 is 0 Å². The molecule has 2 N–H and O–H groups in total. The van der Waals surface area contributed by atoms with Gasteiger partial charge in [0.25, 0.3) is 0 Å².